The Bertz CT molecular complexity index is 379. The van der Waals surface area contributed by atoms with Gasteiger partial charge >= 0.3 is 0 Å². The molecule has 1 aliphatic rings. The summed E-state index contributed by atoms with van der Waals surface area (Å²) in [5.41, 5.74) is 1.59. The van der Waals surface area contributed by atoms with Gasteiger partial charge in [-0.05, 0) is 18.2 Å². The van der Waals surface area contributed by atoms with Crippen molar-refractivity contribution in [3.8, 4) is 0 Å². The molecule has 1 aromatic heterocycles. The lowest BCUT2D eigenvalue weighted by atomic mass is 10.1. The minimum Gasteiger partial charge on any atom is -0.293 e. The van der Waals surface area contributed by atoms with E-state index in [1.807, 2.05) is 18.2 Å². The van der Waals surface area contributed by atoms with Crippen molar-refractivity contribution in [2.45, 2.75) is 6.42 Å². The summed E-state index contributed by atoms with van der Waals surface area (Å²) in [5.74, 6) is 0.0414. The highest BCUT2D eigenvalue weighted by molar-refractivity contribution is 6.29. The van der Waals surface area contributed by atoms with Gasteiger partial charge in [0, 0.05) is 12.6 Å². The first kappa shape index (κ1) is 7.86. The van der Waals surface area contributed by atoms with E-state index in [-0.39, 0.29) is 5.78 Å². The highest BCUT2D eigenvalue weighted by Gasteiger charge is 2.06. The van der Waals surface area contributed by atoms with Crippen LogP contribution in [0.4, 0.5) is 0 Å². The fourth-order valence-corrected chi connectivity index (χ4v) is 1.13. The van der Waals surface area contributed by atoms with Crippen molar-refractivity contribution in [1.82, 2.24) is 4.98 Å². The number of ketones is 1. The predicted octanol–water partition coefficient (Wildman–Crippen LogP) is 1.47. The molecule has 1 aromatic rings. The van der Waals surface area contributed by atoms with E-state index in [0.717, 1.165) is 11.4 Å². The van der Waals surface area contributed by atoms with E-state index in [4.69, 9.17) is 0 Å². The zero-order valence-corrected chi connectivity index (χ0v) is 6.97. The van der Waals surface area contributed by atoms with Crippen LogP contribution in [0, 0.1) is 0 Å². The highest BCUT2D eigenvalue weighted by atomic mass is 16.1. The second kappa shape index (κ2) is 3.31. The molecular weight excluding hydrogens is 164 g/mol. The van der Waals surface area contributed by atoms with Crippen LogP contribution in [0.25, 0.3) is 5.70 Å². The maximum atomic E-state index is 10.8. The Hall–Kier alpha value is -1.77. The van der Waals surface area contributed by atoms with Crippen LogP contribution >= 0.6 is 0 Å². The Morgan fingerprint density at radius 1 is 1.31 bits per heavy atom. The van der Waals surface area contributed by atoms with Crippen molar-refractivity contribution in [3.05, 3.63) is 36.2 Å². The second-order valence-corrected chi connectivity index (χ2v) is 2.73. The van der Waals surface area contributed by atoms with E-state index < -0.39 is 0 Å². The number of allylic oxidation sites excluding steroid dienone is 1. The summed E-state index contributed by atoms with van der Waals surface area (Å²) in [7, 11) is 0. The number of hydrogen-bond donors (Lipinski definition) is 0. The number of pyridine rings is 1. The summed E-state index contributed by atoms with van der Waals surface area (Å²) in [4.78, 5) is 19.0. The maximum Gasteiger partial charge on any atom is 0.177 e. The normalized spacial score (nSPS) is 15.7. The molecule has 64 valence electrons. The van der Waals surface area contributed by atoms with Crippen LogP contribution in [0.2, 0.25) is 0 Å². The number of hydrogen-bond acceptors (Lipinski definition) is 3. The van der Waals surface area contributed by atoms with E-state index in [9.17, 15) is 4.79 Å². The minimum absolute atomic E-state index is 0.0414. The van der Waals surface area contributed by atoms with Gasteiger partial charge in [-0.1, -0.05) is 6.07 Å². The van der Waals surface area contributed by atoms with Crippen molar-refractivity contribution in [2.24, 2.45) is 4.99 Å². The molecule has 0 fully saturated rings. The fraction of sp³-hybridized carbons (Fsp3) is 0.100. The standard InChI is InChI=1S/C10H8N2O/c13-8-4-5-10(12-7-8)9-3-1-2-6-11-9/h1-3,5-7H,4H2. The molecule has 0 saturated carbocycles. The summed E-state index contributed by atoms with van der Waals surface area (Å²) < 4.78 is 0. The summed E-state index contributed by atoms with van der Waals surface area (Å²) in [5, 5.41) is 0. The third-order valence-corrected chi connectivity index (χ3v) is 1.77. The average Bonchev–Trinajstić information content (AvgIpc) is 2.20. The van der Waals surface area contributed by atoms with Crippen molar-refractivity contribution in [1.29, 1.82) is 0 Å². The largest absolute Gasteiger partial charge is 0.293 e. The highest BCUT2D eigenvalue weighted by Crippen LogP contribution is 2.15. The predicted molar refractivity (Wildman–Crippen MR) is 50.3 cm³/mol. The summed E-state index contributed by atoms with van der Waals surface area (Å²) in [6.07, 6.45) is 5.28. The quantitative estimate of drug-likeness (QED) is 0.643. The van der Waals surface area contributed by atoms with Crippen LogP contribution in [-0.4, -0.2) is 17.0 Å². The van der Waals surface area contributed by atoms with Crippen LogP contribution < -0.4 is 0 Å². The van der Waals surface area contributed by atoms with Crippen LogP contribution in [-0.2, 0) is 4.79 Å². The summed E-state index contributed by atoms with van der Waals surface area (Å²) in [6.45, 7) is 0. The first-order valence-electron chi connectivity index (χ1n) is 4.05. The van der Waals surface area contributed by atoms with Gasteiger partial charge in [-0.3, -0.25) is 14.8 Å². The van der Waals surface area contributed by atoms with Gasteiger partial charge in [-0.25, -0.2) is 0 Å². The molecule has 3 heteroatoms. The Kier molecular flexibility index (Phi) is 2.00. The lowest BCUT2D eigenvalue weighted by molar-refractivity contribution is -0.111. The molecule has 0 radical (unpaired) electrons. The van der Waals surface area contributed by atoms with Gasteiger partial charge in [0.05, 0.1) is 17.6 Å². The molecule has 0 aromatic carbocycles. The zero-order valence-electron chi connectivity index (χ0n) is 6.97. The van der Waals surface area contributed by atoms with E-state index in [1.165, 1.54) is 6.21 Å². The number of aliphatic imine (C=N–C) groups is 1. The third-order valence-electron chi connectivity index (χ3n) is 1.77. The van der Waals surface area contributed by atoms with Crippen molar-refractivity contribution < 1.29 is 4.79 Å². The van der Waals surface area contributed by atoms with Gasteiger partial charge in [0.15, 0.2) is 5.78 Å². The lowest BCUT2D eigenvalue weighted by Crippen LogP contribution is -2.02. The average molecular weight is 172 g/mol. The third kappa shape index (κ3) is 1.69. The number of nitrogens with zero attached hydrogens (tertiary/aromatic N) is 2. The molecule has 0 bridgehead atoms. The first-order valence-corrected chi connectivity index (χ1v) is 4.05. The molecule has 0 amide bonds. The summed E-state index contributed by atoms with van der Waals surface area (Å²) in [6, 6.07) is 5.62. The SMILES string of the molecule is O=C1C=NC(c2ccccn2)=CC1. The van der Waals surface area contributed by atoms with Crippen LogP contribution in [0.3, 0.4) is 0 Å². The molecule has 1 aliphatic heterocycles. The minimum atomic E-state index is 0.0414. The lowest BCUT2D eigenvalue weighted by Gasteiger charge is -2.03. The van der Waals surface area contributed by atoms with E-state index >= 15 is 0 Å². The molecule has 2 rings (SSSR count). The van der Waals surface area contributed by atoms with Gasteiger partial charge in [0.1, 0.15) is 0 Å². The number of rotatable bonds is 1. The first-order chi connectivity index (χ1) is 6.36. The van der Waals surface area contributed by atoms with E-state index in [0.29, 0.717) is 6.42 Å². The molecule has 0 atom stereocenters. The van der Waals surface area contributed by atoms with Crippen LogP contribution in [0.15, 0.2) is 35.5 Å². The number of carbonyl (C=O) groups excluding carboxylic acids is 1. The molecule has 0 aliphatic carbocycles. The smallest absolute Gasteiger partial charge is 0.177 e. The monoisotopic (exact) mass is 172 g/mol. The number of Topliss-reactive ketones (excluding diaryl/α,β-unsaturated/α-hetero) is 1. The van der Waals surface area contributed by atoms with Gasteiger partial charge in [-0.2, -0.15) is 0 Å². The van der Waals surface area contributed by atoms with Crippen LogP contribution in [0.5, 0.6) is 0 Å². The second-order valence-electron chi connectivity index (χ2n) is 2.73. The van der Waals surface area contributed by atoms with Gasteiger partial charge in [0.2, 0.25) is 0 Å². The van der Waals surface area contributed by atoms with Crippen LogP contribution in [0.1, 0.15) is 12.1 Å². The molecule has 0 saturated heterocycles. The van der Waals surface area contributed by atoms with Crippen molar-refractivity contribution in [3.63, 3.8) is 0 Å². The number of aromatic nitrogens is 1. The molecule has 0 spiro atoms. The number of carbonyl (C=O) groups is 1. The fourth-order valence-electron chi connectivity index (χ4n) is 1.13. The van der Waals surface area contributed by atoms with Gasteiger partial charge in [0.25, 0.3) is 0 Å². The zero-order chi connectivity index (χ0) is 9.10. The molecule has 2 heterocycles. The van der Waals surface area contributed by atoms with E-state index in [2.05, 4.69) is 9.98 Å². The topological polar surface area (TPSA) is 42.3 Å². The van der Waals surface area contributed by atoms with Gasteiger partial charge < -0.3 is 0 Å². The van der Waals surface area contributed by atoms with E-state index in [1.54, 1.807) is 12.3 Å². The molecule has 13 heavy (non-hydrogen) atoms. The van der Waals surface area contributed by atoms with Crippen molar-refractivity contribution >= 4 is 17.7 Å². The maximum absolute atomic E-state index is 10.8. The molecule has 3 nitrogen and oxygen atoms in total. The van der Waals surface area contributed by atoms with Crippen molar-refractivity contribution in [2.75, 3.05) is 0 Å². The molecule has 0 N–H and O–H groups in total. The summed E-state index contributed by atoms with van der Waals surface area (Å²) >= 11 is 0. The molecular formula is C10H8N2O. The Morgan fingerprint density at radius 2 is 2.23 bits per heavy atom. The Labute approximate surface area is 75.8 Å². The van der Waals surface area contributed by atoms with Gasteiger partial charge in [-0.15, -0.1) is 0 Å². The molecule has 0 unspecified atom stereocenters. The Morgan fingerprint density at radius 3 is 2.85 bits per heavy atom. The Balaban J connectivity index is 2.30.